The predicted octanol–water partition coefficient (Wildman–Crippen LogP) is 6.09. The van der Waals surface area contributed by atoms with Gasteiger partial charge in [0.05, 0.1) is 22.2 Å². The maximum atomic E-state index is 13.2. The normalized spacial score (nSPS) is 21.3. The lowest BCUT2D eigenvalue weighted by Crippen LogP contribution is -2.48. The van der Waals surface area contributed by atoms with Crippen LogP contribution >= 0.6 is 11.6 Å². The van der Waals surface area contributed by atoms with Crippen LogP contribution in [-0.2, 0) is 6.18 Å². The molecular weight excluding hydrogens is 413 g/mol. The fourth-order valence-electron chi connectivity index (χ4n) is 4.13. The zero-order valence-corrected chi connectivity index (χ0v) is 17.8. The highest BCUT2D eigenvalue weighted by Gasteiger charge is 2.35. The van der Waals surface area contributed by atoms with Crippen LogP contribution in [0.15, 0.2) is 48.5 Å². The van der Waals surface area contributed by atoms with Crippen molar-refractivity contribution in [3.63, 3.8) is 0 Å². The number of piperidine rings is 1. The molecule has 1 saturated heterocycles. The van der Waals surface area contributed by atoms with Gasteiger partial charge in [-0.15, -0.1) is 0 Å². The molecule has 162 valence electrons. The van der Waals surface area contributed by atoms with E-state index in [0.29, 0.717) is 18.6 Å². The highest BCUT2D eigenvalue weighted by molar-refractivity contribution is 6.34. The lowest BCUT2D eigenvalue weighted by molar-refractivity contribution is -0.137. The third-order valence-corrected chi connectivity index (χ3v) is 6.23. The van der Waals surface area contributed by atoms with E-state index in [0.717, 1.165) is 24.5 Å². The Hall–Kier alpha value is -2.05. The summed E-state index contributed by atoms with van der Waals surface area (Å²) in [5.41, 5.74) is -0.280. The lowest BCUT2D eigenvalue weighted by atomic mass is 9.95. The molecule has 3 nitrogen and oxygen atoms in total. The van der Waals surface area contributed by atoms with Crippen molar-refractivity contribution in [2.75, 3.05) is 6.54 Å². The van der Waals surface area contributed by atoms with E-state index >= 15 is 0 Å². The van der Waals surface area contributed by atoms with Gasteiger partial charge in [-0.25, -0.2) is 0 Å². The first-order valence-corrected chi connectivity index (χ1v) is 10.5. The monoisotopic (exact) mass is 438 g/mol. The molecule has 0 aromatic heterocycles. The molecule has 30 heavy (non-hydrogen) atoms. The van der Waals surface area contributed by atoms with E-state index < -0.39 is 22.7 Å². The number of rotatable bonds is 5. The molecule has 0 radical (unpaired) electrons. The van der Waals surface area contributed by atoms with Crippen molar-refractivity contribution in [3.05, 3.63) is 70.2 Å². The Morgan fingerprint density at radius 2 is 1.73 bits per heavy atom. The molecule has 1 N–H and O–H groups in total. The Bertz CT molecular complexity index is 862. The van der Waals surface area contributed by atoms with Crippen LogP contribution < -0.4 is 5.32 Å². The van der Waals surface area contributed by atoms with Crippen molar-refractivity contribution in [3.8, 4) is 0 Å². The number of carbonyl (C=O) groups is 1. The third kappa shape index (κ3) is 5.16. The van der Waals surface area contributed by atoms with Crippen molar-refractivity contribution >= 4 is 17.5 Å². The van der Waals surface area contributed by atoms with E-state index in [2.05, 4.69) is 24.1 Å². The Balaban J connectivity index is 1.88. The van der Waals surface area contributed by atoms with Crippen LogP contribution in [0.2, 0.25) is 5.02 Å². The average Bonchev–Trinajstić information content (AvgIpc) is 2.69. The molecule has 0 bridgehead atoms. The zero-order valence-electron chi connectivity index (χ0n) is 17.0. The number of hydrogen-bond donors (Lipinski definition) is 1. The van der Waals surface area contributed by atoms with Gasteiger partial charge < -0.3 is 5.32 Å². The Morgan fingerprint density at radius 1 is 1.10 bits per heavy atom. The van der Waals surface area contributed by atoms with Crippen molar-refractivity contribution in [2.24, 2.45) is 0 Å². The van der Waals surface area contributed by atoms with E-state index in [9.17, 15) is 18.0 Å². The molecule has 2 unspecified atom stereocenters. The van der Waals surface area contributed by atoms with Crippen LogP contribution in [0.1, 0.15) is 60.6 Å². The number of likely N-dealkylation sites (tertiary alicyclic amines) is 1. The standard InChI is InChI=1S/C23H26ClF3N2O/c1-15-8-6-9-16(2)29(15)14-20(17-10-4-3-5-11-17)28-22(30)18-12-7-13-19(21(18)24)23(25,26)27/h3-5,7,10-13,15-16,20H,6,8-9,14H2,1-2H3,(H,28,30)/t15?,16?,20-/m1/s1. The van der Waals surface area contributed by atoms with Crippen LogP contribution in [0.4, 0.5) is 13.2 Å². The summed E-state index contributed by atoms with van der Waals surface area (Å²) in [6.07, 6.45) is -1.29. The first-order valence-electron chi connectivity index (χ1n) is 10.2. The van der Waals surface area contributed by atoms with Crippen LogP contribution in [0.5, 0.6) is 0 Å². The lowest BCUT2D eigenvalue weighted by Gasteiger charge is -2.41. The van der Waals surface area contributed by atoms with Crippen molar-refractivity contribution in [1.82, 2.24) is 10.2 Å². The van der Waals surface area contributed by atoms with Crippen molar-refractivity contribution < 1.29 is 18.0 Å². The number of amides is 1. The SMILES string of the molecule is CC1CCCC(C)N1C[C@@H](NC(=O)c1cccc(C(F)(F)F)c1Cl)c1ccccc1. The summed E-state index contributed by atoms with van der Waals surface area (Å²) in [5, 5.41) is 2.35. The minimum Gasteiger partial charge on any atom is -0.344 e. The third-order valence-electron chi connectivity index (χ3n) is 5.83. The predicted molar refractivity (Wildman–Crippen MR) is 113 cm³/mol. The molecule has 1 fully saturated rings. The van der Waals surface area contributed by atoms with Gasteiger partial charge in [-0.2, -0.15) is 13.2 Å². The minimum atomic E-state index is -4.62. The Kier molecular flexibility index (Phi) is 7.09. The Morgan fingerprint density at radius 3 is 2.33 bits per heavy atom. The maximum absolute atomic E-state index is 13.2. The van der Waals surface area contributed by atoms with Crippen LogP contribution in [0, 0.1) is 0 Å². The highest BCUT2D eigenvalue weighted by Crippen LogP contribution is 2.36. The average molecular weight is 439 g/mol. The van der Waals surface area contributed by atoms with Gasteiger partial charge in [0, 0.05) is 18.6 Å². The number of hydrogen-bond acceptors (Lipinski definition) is 2. The summed E-state index contributed by atoms with van der Waals surface area (Å²) in [5.74, 6) is -0.614. The van der Waals surface area contributed by atoms with Gasteiger partial charge in [-0.05, 0) is 44.4 Å². The van der Waals surface area contributed by atoms with E-state index in [-0.39, 0.29) is 11.6 Å². The summed E-state index contributed by atoms with van der Waals surface area (Å²) in [7, 11) is 0. The molecule has 1 heterocycles. The summed E-state index contributed by atoms with van der Waals surface area (Å²) < 4.78 is 39.6. The van der Waals surface area contributed by atoms with Crippen molar-refractivity contribution in [1.29, 1.82) is 0 Å². The number of carbonyl (C=O) groups excluding carboxylic acids is 1. The fraction of sp³-hybridized carbons (Fsp3) is 0.435. The fourth-order valence-corrected chi connectivity index (χ4v) is 4.45. The number of benzene rings is 2. The quantitative estimate of drug-likeness (QED) is 0.612. The van der Waals surface area contributed by atoms with E-state index in [4.69, 9.17) is 11.6 Å². The first-order chi connectivity index (χ1) is 14.2. The second-order valence-electron chi connectivity index (χ2n) is 7.93. The zero-order chi connectivity index (χ0) is 21.9. The van der Waals surface area contributed by atoms with E-state index in [1.54, 1.807) is 0 Å². The Labute approximate surface area is 180 Å². The van der Waals surface area contributed by atoms with E-state index in [1.165, 1.54) is 18.6 Å². The molecule has 1 amide bonds. The molecule has 0 aliphatic carbocycles. The number of nitrogens with zero attached hydrogens (tertiary/aromatic N) is 1. The molecular formula is C23H26ClF3N2O. The molecule has 2 aromatic rings. The summed E-state index contributed by atoms with van der Waals surface area (Å²) in [6.45, 7) is 4.92. The van der Waals surface area contributed by atoms with Crippen LogP contribution in [0.25, 0.3) is 0 Å². The number of nitrogens with one attached hydrogen (secondary N) is 1. The highest BCUT2D eigenvalue weighted by atomic mass is 35.5. The van der Waals surface area contributed by atoms with Gasteiger partial charge >= 0.3 is 6.18 Å². The van der Waals surface area contributed by atoms with Gasteiger partial charge in [0.15, 0.2) is 0 Å². The van der Waals surface area contributed by atoms with Gasteiger partial charge in [-0.3, -0.25) is 9.69 Å². The largest absolute Gasteiger partial charge is 0.417 e. The van der Waals surface area contributed by atoms with Crippen LogP contribution in [-0.4, -0.2) is 29.4 Å². The van der Waals surface area contributed by atoms with Gasteiger partial charge in [0.1, 0.15) is 0 Å². The molecule has 3 atom stereocenters. The molecule has 0 spiro atoms. The summed E-state index contributed by atoms with van der Waals surface area (Å²) in [4.78, 5) is 15.3. The summed E-state index contributed by atoms with van der Waals surface area (Å²) in [6, 6.07) is 13.3. The second kappa shape index (κ2) is 9.40. The van der Waals surface area contributed by atoms with Gasteiger partial charge in [-0.1, -0.05) is 54.4 Å². The minimum absolute atomic E-state index is 0.174. The molecule has 2 aromatic carbocycles. The smallest absolute Gasteiger partial charge is 0.344 e. The molecule has 3 rings (SSSR count). The molecule has 7 heteroatoms. The molecule has 0 saturated carbocycles. The first kappa shape index (κ1) is 22.6. The van der Waals surface area contributed by atoms with E-state index in [1.807, 2.05) is 30.3 Å². The maximum Gasteiger partial charge on any atom is 0.417 e. The topological polar surface area (TPSA) is 32.3 Å². The number of alkyl halides is 3. The van der Waals surface area contributed by atoms with Crippen LogP contribution in [0.3, 0.4) is 0 Å². The molecule has 1 aliphatic heterocycles. The second-order valence-corrected chi connectivity index (χ2v) is 8.31. The number of halogens is 4. The molecule has 1 aliphatic rings. The van der Waals surface area contributed by atoms with Gasteiger partial charge in [0.2, 0.25) is 0 Å². The van der Waals surface area contributed by atoms with Gasteiger partial charge in [0.25, 0.3) is 5.91 Å². The summed E-state index contributed by atoms with van der Waals surface area (Å²) >= 11 is 5.96. The van der Waals surface area contributed by atoms with Crippen molar-refractivity contribution in [2.45, 2.75) is 57.4 Å².